The molecule has 0 aliphatic carbocycles. The largest absolute Gasteiger partial charge is 0.422 e. The summed E-state index contributed by atoms with van der Waals surface area (Å²) in [7, 11) is 0. The van der Waals surface area contributed by atoms with E-state index in [0.717, 1.165) is 31.3 Å². The Morgan fingerprint density at radius 2 is 1.77 bits per heavy atom. The lowest BCUT2D eigenvalue weighted by Gasteiger charge is -2.45. The molecule has 0 saturated carbocycles. The molecule has 154 valence electrons. The molecule has 6 heteroatoms. The number of nitrogens with zero attached hydrogens (tertiary/aromatic N) is 2. The third-order valence-corrected chi connectivity index (χ3v) is 6.22. The molecular formula is C24H24N2O4. The minimum atomic E-state index is -0.407. The summed E-state index contributed by atoms with van der Waals surface area (Å²) in [5, 5.41) is 10.3. The molecular weight excluding hydrogens is 380 g/mol. The van der Waals surface area contributed by atoms with Crippen molar-refractivity contribution in [3.8, 4) is 11.1 Å². The van der Waals surface area contributed by atoms with Crippen molar-refractivity contribution in [1.29, 1.82) is 0 Å². The highest BCUT2D eigenvalue weighted by atomic mass is 16.4. The molecule has 5 rings (SSSR count). The standard InChI is InChI=1S/C24H24N2O4/c27-20-14-26(15-20)19-8-10-25(11-9-19)23(28)18-6-3-5-16(12-18)21-13-17-4-1-2-7-22(17)30-24(21)29/h1-7,12-13,19-20,27H,8-11,14-15H2. The van der Waals surface area contributed by atoms with Gasteiger partial charge in [-0.2, -0.15) is 0 Å². The van der Waals surface area contributed by atoms with Gasteiger partial charge in [-0.1, -0.05) is 30.3 Å². The molecule has 2 aliphatic heterocycles. The van der Waals surface area contributed by atoms with Crippen LogP contribution in [0.25, 0.3) is 22.1 Å². The normalized spacial score (nSPS) is 18.5. The van der Waals surface area contributed by atoms with Gasteiger partial charge in [-0.15, -0.1) is 0 Å². The number of rotatable bonds is 3. The number of fused-ring (bicyclic) bond motifs is 1. The number of aliphatic hydroxyl groups excluding tert-OH is 1. The van der Waals surface area contributed by atoms with Crippen LogP contribution in [-0.2, 0) is 0 Å². The van der Waals surface area contributed by atoms with Gasteiger partial charge in [-0.25, -0.2) is 4.79 Å². The van der Waals surface area contributed by atoms with Gasteiger partial charge in [-0.05, 0) is 42.7 Å². The van der Waals surface area contributed by atoms with E-state index in [1.54, 1.807) is 18.2 Å². The summed E-state index contributed by atoms with van der Waals surface area (Å²) in [4.78, 5) is 29.7. The zero-order chi connectivity index (χ0) is 20.7. The van der Waals surface area contributed by atoms with Gasteiger partial charge >= 0.3 is 5.63 Å². The predicted molar refractivity (Wildman–Crippen MR) is 114 cm³/mol. The molecule has 6 nitrogen and oxygen atoms in total. The number of carbonyl (C=O) groups excluding carboxylic acids is 1. The van der Waals surface area contributed by atoms with Gasteiger partial charge in [0.2, 0.25) is 0 Å². The van der Waals surface area contributed by atoms with Gasteiger partial charge in [-0.3, -0.25) is 9.69 Å². The second kappa shape index (κ2) is 7.70. The van der Waals surface area contributed by atoms with Crippen LogP contribution in [0.15, 0.2) is 63.8 Å². The first-order valence-electron chi connectivity index (χ1n) is 10.4. The first-order valence-corrected chi connectivity index (χ1v) is 10.4. The van der Waals surface area contributed by atoms with E-state index >= 15 is 0 Å². The number of aliphatic hydroxyl groups is 1. The summed E-state index contributed by atoms with van der Waals surface area (Å²) in [6.45, 7) is 2.90. The smallest absolute Gasteiger partial charge is 0.344 e. The lowest BCUT2D eigenvalue weighted by Crippen LogP contribution is -2.58. The van der Waals surface area contributed by atoms with Crippen molar-refractivity contribution in [1.82, 2.24) is 9.80 Å². The van der Waals surface area contributed by atoms with Crippen molar-refractivity contribution in [2.24, 2.45) is 0 Å². The topological polar surface area (TPSA) is 74.0 Å². The van der Waals surface area contributed by atoms with Crippen molar-refractivity contribution >= 4 is 16.9 Å². The van der Waals surface area contributed by atoms with Gasteiger partial charge in [0.05, 0.1) is 11.7 Å². The van der Waals surface area contributed by atoms with E-state index in [4.69, 9.17) is 4.42 Å². The van der Waals surface area contributed by atoms with Crippen LogP contribution in [0.5, 0.6) is 0 Å². The molecule has 2 aromatic carbocycles. The molecule has 0 bridgehead atoms. The number of carbonyl (C=O) groups is 1. The van der Waals surface area contributed by atoms with Crippen LogP contribution in [0.3, 0.4) is 0 Å². The lowest BCUT2D eigenvalue weighted by atomic mass is 9.97. The maximum Gasteiger partial charge on any atom is 0.344 e. The Labute approximate surface area is 174 Å². The minimum Gasteiger partial charge on any atom is -0.422 e. The third-order valence-electron chi connectivity index (χ3n) is 6.22. The van der Waals surface area contributed by atoms with Crippen molar-refractivity contribution in [2.45, 2.75) is 25.0 Å². The van der Waals surface area contributed by atoms with Crippen molar-refractivity contribution < 1.29 is 14.3 Å². The van der Waals surface area contributed by atoms with Crippen LogP contribution in [0.2, 0.25) is 0 Å². The number of likely N-dealkylation sites (tertiary alicyclic amines) is 2. The summed E-state index contributed by atoms with van der Waals surface area (Å²) in [6, 6.07) is 16.9. The SMILES string of the molecule is O=C(c1cccc(-c2cc3ccccc3oc2=O)c1)N1CCC(N2CC(O)C2)CC1. The molecule has 3 heterocycles. The highest BCUT2D eigenvalue weighted by molar-refractivity contribution is 5.95. The highest BCUT2D eigenvalue weighted by Gasteiger charge is 2.34. The second-order valence-electron chi connectivity index (χ2n) is 8.20. The van der Waals surface area contributed by atoms with Gasteiger partial charge in [0.15, 0.2) is 0 Å². The highest BCUT2D eigenvalue weighted by Crippen LogP contribution is 2.25. The number of hydrogen-bond donors (Lipinski definition) is 1. The molecule has 30 heavy (non-hydrogen) atoms. The maximum absolute atomic E-state index is 13.1. The fourth-order valence-electron chi connectivity index (χ4n) is 4.49. The molecule has 1 aromatic heterocycles. The van der Waals surface area contributed by atoms with E-state index in [0.29, 0.717) is 41.4 Å². The molecule has 0 spiro atoms. The quantitative estimate of drug-likeness (QED) is 0.680. The number of benzene rings is 2. The Hall–Kier alpha value is -2.96. The molecule has 1 N–H and O–H groups in total. The minimum absolute atomic E-state index is 0.0101. The average molecular weight is 404 g/mol. The van der Waals surface area contributed by atoms with E-state index in [1.807, 2.05) is 41.3 Å². The van der Waals surface area contributed by atoms with E-state index in [-0.39, 0.29) is 12.0 Å². The van der Waals surface area contributed by atoms with Crippen molar-refractivity contribution in [3.63, 3.8) is 0 Å². The number of para-hydroxylation sites is 1. The van der Waals surface area contributed by atoms with Gasteiger partial charge in [0.25, 0.3) is 5.91 Å². The van der Waals surface area contributed by atoms with Crippen LogP contribution in [0.1, 0.15) is 23.2 Å². The van der Waals surface area contributed by atoms with E-state index in [9.17, 15) is 14.7 Å². The molecule has 3 aromatic rings. The predicted octanol–water partition coefficient (Wildman–Crippen LogP) is 2.74. The third kappa shape index (κ3) is 3.53. The number of amides is 1. The summed E-state index contributed by atoms with van der Waals surface area (Å²) in [5.74, 6) is -0.0101. The molecule has 0 atom stereocenters. The number of β-amino-alcohol motifs (C(OH)–C–C–N with tert-alkyl or cyclic N) is 1. The first-order chi connectivity index (χ1) is 14.6. The Morgan fingerprint density at radius 3 is 2.53 bits per heavy atom. The zero-order valence-electron chi connectivity index (χ0n) is 16.7. The molecule has 1 amide bonds. The summed E-state index contributed by atoms with van der Waals surface area (Å²) < 4.78 is 5.45. The number of hydrogen-bond acceptors (Lipinski definition) is 5. The van der Waals surface area contributed by atoms with Crippen molar-refractivity contribution in [3.05, 3.63) is 70.6 Å². The summed E-state index contributed by atoms with van der Waals surface area (Å²) in [5.41, 5.74) is 1.87. The zero-order valence-corrected chi connectivity index (χ0v) is 16.7. The Balaban J connectivity index is 1.34. The fourth-order valence-corrected chi connectivity index (χ4v) is 4.49. The van der Waals surface area contributed by atoms with Crippen LogP contribution < -0.4 is 5.63 Å². The van der Waals surface area contributed by atoms with E-state index < -0.39 is 5.63 Å². The van der Waals surface area contributed by atoms with Gasteiger partial charge in [0, 0.05) is 43.2 Å². The van der Waals surface area contributed by atoms with Crippen LogP contribution in [-0.4, -0.2) is 59.1 Å². The Kier molecular flexibility index (Phi) is 4.89. The van der Waals surface area contributed by atoms with E-state index in [1.165, 1.54) is 0 Å². The fraction of sp³-hybridized carbons (Fsp3) is 0.333. The first kappa shape index (κ1) is 19.0. The van der Waals surface area contributed by atoms with Crippen LogP contribution in [0, 0.1) is 0 Å². The molecule has 0 unspecified atom stereocenters. The van der Waals surface area contributed by atoms with Gasteiger partial charge < -0.3 is 14.4 Å². The van der Waals surface area contributed by atoms with Crippen LogP contribution in [0.4, 0.5) is 0 Å². The van der Waals surface area contributed by atoms with Crippen molar-refractivity contribution in [2.75, 3.05) is 26.2 Å². The maximum atomic E-state index is 13.1. The molecule has 0 radical (unpaired) electrons. The Bertz CT molecular complexity index is 1140. The Morgan fingerprint density at radius 1 is 1.00 bits per heavy atom. The van der Waals surface area contributed by atoms with Crippen LogP contribution >= 0.6 is 0 Å². The molecule has 2 aliphatic rings. The van der Waals surface area contributed by atoms with Gasteiger partial charge in [0.1, 0.15) is 5.58 Å². The molecule has 2 saturated heterocycles. The average Bonchev–Trinajstić information content (AvgIpc) is 2.76. The second-order valence-corrected chi connectivity index (χ2v) is 8.20. The monoisotopic (exact) mass is 404 g/mol. The lowest BCUT2D eigenvalue weighted by molar-refractivity contribution is -0.0381. The summed E-state index contributed by atoms with van der Waals surface area (Å²) >= 11 is 0. The number of piperidine rings is 1. The molecule has 2 fully saturated rings. The summed E-state index contributed by atoms with van der Waals surface area (Å²) in [6.07, 6.45) is 1.65. The van der Waals surface area contributed by atoms with E-state index in [2.05, 4.69) is 4.90 Å².